The zero-order valence-electron chi connectivity index (χ0n) is 18.9. The van der Waals surface area contributed by atoms with Crippen molar-refractivity contribution >= 4 is 12.1 Å². The van der Waals surface area contributed by atoms with Gasteiger partial charge in [-0.25, -0.2) is 9.59 Å². The molecule has 168 valence electrons. The van der Waals surface area contributed by atoms with Gasteiger partial charge in [0.15, 0.2) is 0 Å². The van der Waals surface area contributed by atoms with Crippen LogP contribution in [0.25, 0.3) is 0 Å². The summed E-state index contributed by atoms with van der Waals surface area (Å²) in [5.74, 6) is 0. The van der Waals surface area contributed by atoms with Gasteiger partial charge in [0.05, 0.1) is 12.6 Å². The molecular formula is C23H38N4O3. The number of carbonyl (C=O) groups excluding carboxylic acids is 2. The third-order valence-electron chi connectivity index (χ3n) is 7.45. The Labute approximate surface area is 180 Å². The Kier molecular flexibility index (Phi) is 6.28. The summed E-state index contributed by atoms with van der Waals surface area (Å²) in [4.78, 5) is 31.1. The normalized spacial score (nSPS) is 31.8. The first kappa shape index (κ1) is 21.5. The molecule has 1 atom stereocenters. The number of rotatable bonds is 4. The van der Waals surface area contributed by atoms with Crippen LogP contribution in [0.5, 0.6) is 0 Å². The van der Waals surface area contributed by atoms with Crippen LogP contribution < -0.4 is 5.32 Å². The number of hydrogen-bond donors (Lipinski definition) is 1. The lowest BCUT2D eigenvalue weighted by molar-refractivity contribution is 0.00977. The highest BCUT2D eigenvalue weighted by molar-refractivity contribution is 5.75. The van der Waals surface area contributed by atoms with Gasteiger partial charge in [-0.15, -0.1) is 0 Å². The molecular weight excluding hydrogens is 380 g/mol. The van der Waals surface area contributed by atoms with Crippen LogP contribution >= 0.6 is 0 Å². The van der Waals surface area contributed by atoms with Crippen molar-refractivity contribution in [3.8, 4) is 0 Å². The number of amides is 3. The average Bonchev–Trinajstić information content (AvgIpc) is 3.34. The molecule has 3 heterocycles. The Morgan fingerprint density at radius 1 is 1.27 bits per heavy atom. The number of likely N-dealkylation sites (tertiary alicyclic amines) is 2. The van der Waals surface area contributed by atoms with Crippen molar-refractivity contribution in [1.82, 2.24) is 20.0 Å². The lowest BCUT2D eigenvalue weighted by Gasteiger charge is -2.51. The van der Waals surface area contributed by atoms with Crippen molar-refractivity contribution in [3.05, 3.63) is 11.6 Å². The van der Waals surface area contributed by atoms with E-state index in [2.05, 4.69) is 16.3 Å². The van der Waals surface area contributed by atoms with Gasteiger partial charge in [-0.05, 0) is 70.3 Å². The molecule has 3 fully saturated rings. The fourth-order valence-corrected chi connectivity index (χ4v) is 5.90. The summed E-state index contributed by atoms with van der Waals surface area (Å²) < 4.78 is 5.17. The fourth-order valence-electron chi connectivity index (χ4n) is 5.90. The summed E-state index contributed by atoms with van der Waals surface area (Å²) in [6.45, 7) is 11.0. The molecule has 1 N–H and O–H groups in total. The summed E-state index contributed by atoms with van der Waals surface area (Å²) in [7, 11) is 0. The van der Waals surface area contributed by atoms with Crippen molar-refractivity contribution in [2.24, 2.45) is 5.41 Å². The molecule has 0 bridgehead atoms. The Morgan fingerprint density at radius 2 is 2.07 bits per heavy atom. The molecule has 7 heteroatoms. The van der Waals surface area contributed by atoms with Crippen molar-refractivity contribution in [2.75, 3.05) is 39.3 Å². The van der Waals surface area contributed by atoms with Gasteiger partial charge < -0.3 is 19.9 Å². The zero-order valence-corrected chi connectivity index (χ0v) is 18.9. The Hall–Kier alpha value is -1.76. The molecule has 0 unspecified atom stereocenters. The van der Waals surface area contributed by atoms with Gasteiger partial charge in [0.1, 0.15) is 0 Å². The minimum absolute atomic E-state index is 0.0872. The van der Waals surface area contributed by atoms with Crippen LogP contribution in [-0.4, -0.2) is 84.3 Å². The van der Waals surface area contributed by atoms with E-state index in [4.69, 9.17) is 4.74 Å². The SMILES string of the molecule is CCOC(=O)N1CCC2(CC(N3CC=C([C@@H]4CCCN4C(=O)NC(C)C)CC3)C2)C1. The number of ether oxygens (including phenoxy) is 1. The van der Waals surface area contributed by atoms with Gasteiger partial charge in [0.25, 0.3) is 0 Å². The maximum Gasteiger partial charge on any atom is 0.409 e. The fraction of sp³-hybridized carbons (Fsp3) is 0.826. The van der Waals surface area contributed by atoms with Gasteiger partial charge in [-0.3, -0.25) is 4.90 Å². The van der Waals surface area contributed by atoms with E-state index >= 15 is 0 Å². The molecule has 1 spiro atoms. The Bertz CT molecular complexity index is 686. The molecule has 4 rings (SSSR count). The molecule has 0 aromatic heterocycles. The first-order valence-electron chi connectivity index (χ1n) is 11.8. The van der Waals surface area contributed by atoms with E-state index in [1.807, 2.05) is 30.6 Å². The van der Waals surface area contributed by atoms with E-state index in [0.29, 0.717) is 18.1 Å². The van der Waals surface area contributed by atoms with Gasteiger partial charge in [0.2, 0.25) is 0 Å². The Balaban J connectivity index is 1.27. The molecule has 0 radical (unpaired) electrons. The predicted octanol–water partition coefficient (Wildman–Crippen LogP) is 3.21. The summed E-state index contributed by atoms with van der Waals surface area (Å²) in [6, 6.07) is 1.18. The summed E-state index contributed by atoms with van der Waals surface area (Å²) in [5, 5.41) is 3.06. The third kappa shape index (κ3) is 4.32. The molecule has 1 saturated carbocycles. The summed E-state index contributed by atoms with van der Waals surface area (Å²) in [6.07, 6.45) is 8.99. The molecule has 30 heavy (non-hydrogen) atoms. The number of carbonyl (C=O) groups is 2. The second-order valence-electron chi connectivity index (χ2n) is 9.91. The van der Waals surface area contributed by atoms with E-state index in [1.54, 1.807) is 0 Å². The molecule has 0 aromatic carbocycles. The molecule has 0 aromatic rings. The van der Waals surface area contributed by atoms with Crippen molar-refractivity contribution in [3.63, 3.8) is 0 Å². The standard InChI is InChI=1S/C23H38N4O3/c1-4-30-22(29)26-13-9-23(16-26)14-19(15-23)25-11-7-18(8-12-25)20-6-5-10-27(20)21(28)24-17(2)3/h7,17,19-20H,4-6,8-16H2,1-3H3,(H,24,28)/t19?,20-,23?/m0/s1. The van der Waals surface area contributed by atoms with E-state index < -0.39 is 0 Å². The molecule has 4 aliphatic rings. The monoisotopic (exact) mass is 418 g/mol. The summed E-state index contributed by atoms with van der Waals surface area (Å²) in [5.41, 5.74) is 1.77. The maximum absolute atomic E-state index is 12.5. The lowest BCUT2D eigenvalue weighted by Crippen LogP contribution is -2.54. The topological polar surface area (TPSA) is 65.1 Å². The molecule has 2 saturated heterocycles. The second kappa shape index (κ2) is 8.77. The van der Waals surface area contributed by atoms with Crippen LogP contribution in [0.1, 0.15) is 59.3 Å². The molecule has 7 nitrogen and oxygen atoms in total. The molecule has 3 aliphatic heterocycles. The first-order valence-corrected chi connectivity index (χ1v) is 11.8. The average molecular weight is 419 g/mol. The highest BCUT2D eigenvalue weighted by Gasteiger charge is 2.51. The Morgan fingerprint density at radius 3 is 2.73 bits per heavy atom. The van der Waals surface area contributed by atoms with Crippen LogP contribution in [0.15, 0.2) is 11.6 Å². The van der Waals surface area contributed by atoms with Gasteiger partial charge in [-0.1, -0.05) is 6.08 Å². The van der Waals surface area contributed by atoms with Crippen LogP contribution in [0.2, 0.25) is 0 Å². The number of nitrogens with one attached hydrogen (secondary N) is 1. The van der Waals surface area contributed by atoms with Crippen molar-refractivity contribution in [1.29, 1.82) is 0 Å². The van der Waals surface area contributed by atoms with E-state index in [-0.39, 0.29) is 24.2 Å². The van der Waals surface area contributed by atoms with Crippen LogP contribution in [0.4, 0.5) is 9.59 Å². The van der Waals surface area contributed by atoms with Gasteiger partial charge >= 0.3 is 12.1 Å². The first-order chi connectivity index (χ1) is 14.4. The zero-order chi connectivity index (χ0) is 21.3. The molecule has 3 amide bonds. The maximum atomic E-state index is 12.5. The van der Waals surface area contributed by atoms with E-state index in [1.165, 1.54) is 18.4 Å². The van der Waals surface area contributed by atoms with Crippen LogP contribution in [0.3, 0.4) is 0 Å². The lowest BCUT2D eigenvalue weighted by atomic mass is 9.64. The van der Waals surface area contributed by atoms with E-state index in [9.17, 15) is 9.59 Å². The predicted molar refractivity (Wildman–Crippen MR) is 116 cm³/mol. The molecule has 1 aliphatic carbocycles. The highest BCUT2D eigenvalue weighted by Crippen LogP contribution is 2.50. The van der Waals surface area contributed by atoms with Gasteiger partial charge in [-0.2, -0.15) is 0 Å². The quantitative estimate of drug-likeness (QED) is 0.712. The minimum Gasteiger partial charge on any atom is -0.450 e. The van der Waals surface area contributed by atoms with Crippen LogP contribution in [-0.2, 0) is 4.74 Å². The number of nitrogens with zero attached hydrogens (tertiary/aromatic N) is 3. The number of urea groups is 1. The summed E-state index contributed by atoms with van der Waals surface area (Å²) >= 11 is 0. The van der Waals surface area contributed by atoms with Crippen molar-refractivity contribution in [2.45, 2.75) is 77.4 Å². The third-order valence-corrected chi connectivity index (χ3v) is 7.45. The highest BCUT2D eigenvalue weighted by atomic mass is 16.6. The van der Waals surface area contributed by atoms with Crippen LogP contribution in [0, 0.1) is 5.41 Å². The van der Waals surface area contributed by atoms with E-state index in [0.717, 1.165) is 58.4 Å². The van der Waals surface area contributed by atoms with Crippen molar-refractivity contribution < 1.29 is 14.3 Å². The largest absolute Gasteiger partial charge is 0.450 e. The second-order valence-corrected chi connectivity index (χ2v) is 9.91. The van der Waals surface area contributed by atoms with Gasteiger partial charge in [0, 0.05) is 44.8 Å². The minimum atomic E-state index is -0.147. The number of hydrogen-bond acceptors (Lipinski definition) is 4. The smallest absolute Gasteiger partial charge is 0.409 e.